The van der Waals surface area contributed by atoms with Crippen LogP contribution < -0.4 is 5.73 Å². The number of halogens is 1. The van der Waals surface area contributed by atoms with Crippen molar-refractivity contribution in [1.82, 2.24) is 4.98 Å². The largest absolute Gasteiger partial charge is 0.399 e. The molecule has 0 spiro atoms. The molecule has 1 heterocycles. The second kappa shape index (κ2) is 5.23. The molecule has 0 aliphatic rings. The quantitative estimate of drug-likeness (QED) is 0.668. The molecule has 0 saturated heterocycles. The topological polar surface area (TPSA) is 38.9 Å². The molecule has 0 aliphatic carbocycles. The first-order valence-corrected chi connectivity index (χ1v) is 6.19. The summed E-state index contributed by atoms with van der Waals surface area (Å²) in [5, 5.41) is 0.739. The van der Waals surface area contributed by atoms with Crippen molar-refractivity contribution in [3.8, 4) is 0 Å². The number of anilines is 1. The maximum absolute atomic E-state index is 6.07. The fourth-order valence-electron chi connectivity index (χ4n) is 1.28. The van der Waals surface area contributed by atoms with Crippen LogP contribution in [0.2, 0.25) is 5.02 Å². The van der Waals surface area contributed by atoms with Crippen molar-refractivity contribution in [3.05, 3.63) is 53.3 Å². The van der Waals surface area contributed by atoms with Crippen LogP contribution in [0, 0.1) is 0 Å². The second-order valence-electron chi connectivity index (χ2n) is 3.34. The lowest BCUT2D eigenvalue weighted by molar-refractivity contribution is 1.25. The van der Waals surface area contributed by atoms with Gasteiger partial charge in [0.15, 0.2) is 0 Å². The predicted octanol–water partition coefficient (Wildman–Crippen LogP) is 3.61. The third-order valence-corrected chi connectivity index (χ3v) is 3.64. The van der Waals surface area contributed by atoms with Crippen molar-refractivity contribution in [3.63, 3.8) is 0 Å². The molecule has 4 heteroatoms. The lowest BCUT2D eigenvalue weighted by atomic mass is 10.3. The number of pyridine rings is 1. The molecule has 1 aromatic heterocycles. The van der Waals surface area contributed by atoms with Crippen molar-refractivity contribution in [2.75, 3.05) is 5.73 Å². The molecule has 0 fully saturated rings. The lowest BCUT2D eigenvalue weighted by Gasteiger charge is -2.05. The van der Waals surface area contributed by atoms with Crippen molar-refractivity contribution in [2.24, 2.45) is 0 Å². The van der Waals surface area contributed by atoms with Crippen molar-refractivity contribution in [1.29, 1.82) is 0 Å². The zero-order valence-electron chi connectivity index (χ0n) is 8.56. The van der Waals surface area contributed by atoms with E-state index in [1.807, 2.05) is 30.5 Å². The van der Waals surface area contributed by atoms with Crippen LogP contribution in [0.1, 0.15) is 5.56 Å². The third-order valence-electron chi connectivity index (χ3n) is 2.07. The van der Waals surface area contributed by atoms with Crippen LogP contribution in [0.25, 0.3) is 0 Å². The van der Waals surface area contributed by atoms with Gasteiger partial charge in [0.25, 0.3) is 0 Å². The van der Waals surface area contributed by atoms with Gasteiger partial charge in [0.2, 0.25) is 0 Å². The highest BCUT2D eigenvalue weighted by Gasteiger charge is 2.02. The van der Waals surface area contributed by atoms with E-state index in [0.717, 1.165) is 21.4 Å². The van der Waals surface area contributed by atoms with E-state index in [4.69, 9.17) is 17.3 Å². The molecule has 2 nitrogen and oxygen atoms in total. The van der Waals surface area contributed by atoms with Gasteiger partial charge in [-0.15, -0.1) is 11.8 Å². The number of hydrogen-bond acceptors (Lipinski definition) is 3. The van der Waals surface area contributed by atoms with Crippen molar-refractivity contribution < 1.29 is 0 Å². The zero-order valence-corrected chi connectivity index (χ0v) is 10.1. The van der Waals surface area contributed by atoms with Gasteiger partial charge in [0.05, 0.1) is 5.02 Å². The first-order valence-electron chi connectivity index (χ1n) is 4.82. The van der Waals surface area contributed by atoms with Gasteiger partial charge in [-0.25, -0.2) is 0 Å². The van der Waals surface area contributed by atoms with E-state index < -0.39 is 0 Å². The highest BCUT2D eigenvalue weighted by atomic mass is 35.5. The van der Waals surface area contributed by atoms with E-state index in [1.54, 1.807) is 24.0 Å². The van der Waals surface area contributed by atoms with Crippen LogP contribution in [-0.2, 0) is 5.75 Å². The monoisotopic (exact) mass is 250 g/mol. The van der Waals surface area contributed by atoms with Crippen LogP contribution in [-0.4, -0.2) is 4.98 Å². The smallest absolute Gasteiger partial charge is 0.0543 e. The van der Waals surface area contributed by atoms with Crippen molar-refractivity contribution >= 4 is 29.1 Å². The van der Waals surface area contributed by atoms with Gasteiger partial charge in [-0.2, -0.15) is 0 Å². The molecule has 82 valence electrons. The highest BCUT2D eigenvalue weighted by molar-refractivity contribution is 7.98. The Morgan fingerprint density at radius 2 is 2.19 bits per heavy atom. The summed E-state index contributed by atoms with van der Waals surface area (Å²) >= 11 is 7.73. The van der Waals surface area contributed by atoms with Gasteiger partial charge in [0.1, 0.15) is 0 Å². The molecular weight excluding hydrogens is 240 g/mol. The Morgan fingerprint density at radius 3 is 2.94 bits per heavy atom. The summed E-state index contributed by atoms with van der Waals surface area (Å²) in [6.45, 7) is 0. The molecule has 0 saturated carbocycles. The minimum atomic E-state index is 0.734. The summed E-state index contributed by atoms with van der Waals surface area (Å²) in [6.07, 6.45) is 3.62. The zero-order chi connectivity index (χ0) is 11.4. The van der Waals surface area contributed by atoms with Crippen LogP contribution in [0.4, 0.5) is 5.69 Å². The standard InChI is InChI=1S/C12H11ClN2S/c13-11-4-3-10(14)6-12(11)16-8-9-2-1-5-15-7-9/h1-7H,8,14H2. The van der Waals surface area contributed by atoms with Gasteiger partial charge in [0, 0.05) is 28.7 Å². The van der Waals surface area contributed by atoms with E-state index in [1.165, 1.54) is 5.56 Å². The molecule has 2 aromatic rings. The summed E-state index contributed by atoms with van der Waals surface area (Å²) in [7, 11) is 0. The molecule has 0 radical (unpaired) electrons. The first kappa shape index (κ1) is 11.3. The molecule has 0 atom stereocenters. The Hall–Kier alpha value is -1.19. The molecule has 0 aliphatic heterocycles. The average molecular weight is 251 g/mol. The Bertz CT molecular complexity index is 474. The minimum Gasteiger partial charge on any atom is -0.399 e. The SMILES string of the molecule is Nc1ccc(Cl)c(SCc2cccnc2)c1. The van der Waals surface area contributed by atoms with Gasteiger partial charge in [-0.05, 0) is 29.8 Å². The Labute approximate surface area is 104 Å². The molecule has 1 aromatic carbocycles. The van der Waals surface area contributed by atoms with Crippen LogP contribution in [0.3, 0.4) is 0 Å². The predicted molar refractivity (Wildman–Crippen MR) is 69.7 cm³/mol. The minimum absolute atomic E-state index is 0.734. The summed E-state index contributed by atoms with van der Waals surface area (Å²) < 4.78 is 0. The summed E-state index contributed by atoms with van der Waals surface area (Å²) in [4.78, 5) is 5.07. The molecule has 0 amide bonds. The van der Waals surface area contributed by atoms with Crippen molar-refractivity contribution in [2.45, 2.75) is 10.6 Å². The number of rotatable bonds is 3. The Kier molecular flexibility index (Phi) is 3.70. The van der Waals surface area contributed by atoms with Gasteiger partial charge >= 0.3 is 0 Å². The van der Waals surface area contributed by atoms with Gasteiger partial charge in [-0.1, -0.05) is 17.7 Å². The average Bonchev–Trinajstić information content (AvgIpc) is 2.32. The molecule has 16 heavy (non-hydrogen) atoms. The molecule has 2 rings (SSSR count). The number of nitrogens with two attached hydrogens (primary N) is 1. The number of aromatic nitrogens is 1. The van der Waals surface area contributed by atoms with Crippen LogP contribution in [0.5, 0.6) is 0 Å². The Balaban J connectivity index is 2.08. The van der Waals surface area contributed by atoms with Gasteiger partial charge < -0.3 is 5.73 Å². The number of nitrogen functional groups attached to an aromatic ring is 1. The summed E-state index contributed by atoms with van der Waals surface area (Å²) in [5.74, 6) is 0.844. The summed E-state index contributed by atoms with van der Waals surface area (Å²) in [6, 6.07) is 9.49. The molecule has 2 N–H and O–H groups in total. The number of nitrogens with zero attached hydrogens (tertiary/aromatic N) is 1. The van der Waals surface area contributed by atoms with Gasteiger partial charge in [-0.3, -0.25) is 4.98 Å². The summed E-state index contributed by atoms with van der Waals surface area (Å²) in [5.41, 5.74) is 7.62. The van der Waals surface area contributed by atoms with Crippen LogP contribution >= 0.6 is 23.4 Å². The lowest BCUT2D eigenvalue weighted by Crippen LogP contribution is -1.86. The third kappa shape index (κ3) is 2.90. The van der Waals surface area contributed by atoms with E-state index in [-0.39, 0.29) is 0 Å². The molecule has 0 unspecified atom stereocenters. The normalized spacial score (nSPS) is 10.3. The second-order valence-corrected chi connectivity index (χ2v) is 4.76. The van der Waals surface area contributed by atoms with E-state index >= 15 is 0 Å². The highest BCUT2D eigenvalue weighted by Crippen LogP contribution is 2.31. The fourth-order valence-corrected chi connectivity index (χ4v) is 2.47. The van der Waals surface area contributed by atoms with E-state index in [9.17, 15) is 0 Å². The van der Waals surface area contributed by atoms with E-state index in [2.05, 4.69) is 4.98 Å². The first-order chi connectivity index (χ1) is 7.75. The number of thioether (sulfide) groups is 1. The number of benzene rings is 1. The maximum atomic E-state index is 6.07. The van der Waals surface area contributed by atoms with Crippen LogP contribution in [0.15, 0.2) is 47.6 Å². The molecule has 0 bridgehead atoms. The molecular formula is C12H11ClN2S. The van der Waals surface area contributed by atoms with E-state index in [0.29, 0.717) is 0 Å². The fraction of sp³-hybridized carbons (Fsp3) is 0.0833. The maximum Gasteiger partial charge on any atom is 0.0543 e. The number of hydrogen-bond donors (Lipinski definition) is 1. The Morgan fingerprint density at radius 1 is 1.31 bits per heavy atom.